The Morgan fingerprint density at radius 1 is 0.875 bits per heavy atom. The Hall–Kier alpha value is -0.487. The monoisotopic (exact) mass is 435 g/mol. The third-order valence-corrected chi connectivity index (χ3v) is 4.49. The number of rotatable bonds is 4. The van der Waals surface area contributed by atoms with Crippen LogP contribution in [-0.2, 0) is 40.1 Å². The minimum absolute atomic E-state index is 0.826. The molecule has 0 heterocycles. The molecule has 0 aliphatic carbocycles. The van der Waals surface area contributed by atoms with Gasteiger partial charge in [0, 0.05) is 0 Å². The van der Waals surface area contributed by atoms with Gasteiger partial charge in [-0.25, -0.2) is 0 Å². The number of hydrogen-bond acceptors (Lipinski definition) is 0. The van der Waals surface area contributed by atoms with Crippen molar-refractivity contribution in [3.63, 3.8) is 0 Å². The van der Waals surface area contributed by atoms with Gasteiger partial charge in [0.15, 0.2) is 0 Å². The van der Waals surface area contributed by atoms with Crippen LogP contribution in [0.2, 0.25) is 0 Å². The third-order valence-electron chi connectivity index (χ3n) is 4.49. The second kappa shape index (κ2) is 9.86. The Morgan fingerprint density at radius 3 is 2.17 bits per heavy atom. The molecule has 0 atom stereocenters. The van der Waals surface area contributed by atoms with Crippen LogP contribution < -0.4 is 0 Å². The van der Waals surface area contributed by atoms with Gasteiger partial charge in [0.05, 0.1) is 0 Å². The van der Waals surface area contributed by atoms with Crippen LogP contribution in [0.25, 0.3) is 21.9 Å². The molecule has 0 unspecified atom stereocenters. The fourth-order valence-electron chi connectivity index (χ4n) is 3.28. The van der Waals surface area contributed by atoms with Crippen molar-refractivity contribution in [2.24, 2.45) is 0 Å². The summed E-state index contributed by atoms with van der Waals surface area (Å²) in [7, 11) is 9.87. The molecule has 0 saturated carbocycles. The van der Waals surface area contributed by atoms with Crippen LogP contribution >= 0.6 is 17.0 Å². The summed E-state index contributed by atoms with van der Waals surface area (Å²) in [5, 5.41) is 2.80. The van der Waals surface area contributed by atoms with Gasteiger partial charge in [0.25, 0.3) is 0 Å². The predicted octanol–water partition coefficient (Wildman–Crippen LogP) is 7.29. The minimum atomic E-state index is -0.826. The molecule has 0 bridgehead atoms. The average molecular weight is 438 g/mol. The Bertz CT molecular complexity index is 790. The predicted molar refractivity (Wildman–Crippen MR) is 105 cm³/mol. The average Bonchev–Trinajstić information content (AvgIpc) is 3.04. The van der Waals surface area contributed by atoms with Crippen molar-refractivity contribution in [3.05, 3.63) is 65.2 Å². The topological polar surface area (TPSA) is 0 Å². The summed E-state index contributed by atoms with van der Waals surface area (Å²) >= 11 is -0.826. The van der Waals surface area contributed by atoms with Gasteiger partial charge in [-0.05, 0) is 30.4 Å². The second-order valence-corrected chi connectivity index (χ2v) is 9.49. The first kappa shape index (κ1) is 19.8. The fraction of sp³-hybridized carbons (Fsp3) is 0.286. The van der Waals surface area contributed by atoms with Crippen LogP contribution in [0, 0.1) is 0 Å². The van der Waals surface area contributed by atoms with E-state index in [-0.39, 0.29) is 0 Å². The van der Waals surface area contributed by atoms with Crippen LogP contribution in [0.5, 0.6) is 0 Å². The number of benzene rings is 2. The van der Waals surface area contributed by atoms with Crippen LogP contribution in [0.15, 0.2) is 48.5 Å². The molecule has 0 fully saturated rings. The maximum absolute atomic E-state index is 4.93. The molecule has 0 amide bonds. The van der Waals surface area contributed by atoms with Crippen LogP contribution in [0.4, 0.5) is 0 Å². The SMILES string of the molecule is CCc1cc2c(-c3ccccc3CC)c(CC)ccc2[cH-]1.[Cl][Zr][Cl]. The van der Waals surface area contributed by atoms with Crippen LogP contribution in [-0.4, -0.2) is 0 Å². The van der Waals surface area contributed by atoms with Crippen molar-refractivity contribution in [2.75, 3.05) is 0 Å². The molecule has 24 heavy (non-hydrogen) atoms. The third kappa shape index (κ3) is 4.37. The van der Waals surface area contributed by atoms with Gasteiger partial charge < -0.3 is 0 Å². The number of halogens is 2. The molecule has 3 aromatic rings. The normalized spacial score (nSPS) is 10.4. The van der Waals surface area contributed by atoms with Gasteiger partial charge in [0.1, 0.15) is 0 Å². The quantitative estimate of drug-likeness (QED) is 0.376. The van der Waals surface area contributed by atoms with Crippen LogP contribution in [0.3, 0.4) is 0 Å². The number of hydrogen-bond donors (Lipinski definition) is 0. The van der Waals surface area contributed by atoms with Crippen molar-refractivity contribution in [2.45, 2.75) is 40.0 Å². The first-order chi connectivity index (χ1) is 11.7. The van der Waals surface area contributed by atoms with Gasteiger partial charge in [0.2, 0.25) is 0 Å². The molecule has 0 saturated heterocycles. The Kier molecular flexibility index (Phi) is 8.15. The van der Waals surface area contributed by atoms with Crippen molar-refractivity contribution in [1.82, 2.24) is 0 Å². The number of aryl methyl sites for hydroxylation is 3. The molecule has 0 aliphatic rings. The fourth-order valence-corrected chi connectivity index (χ4v) is 3.28. The van der Waals surface area contributed by atoms with Crippen LogP contribution in [0.1, 0.15) is 37.5 Å². The molecule has 0 aliphatic heterocycles. The van der Waals surface area contributed by atoms with Crippen molar-refractivity contribution < 1.29 is 20.8 Å². The van der Waals surface area contributed by atoms with Gasteiger partial charge in [-0.1, -0.05) is 56.2 Å². The molecule has 0 aromatic heterocycles. The molecule has 0 nitrogen and oxygen atoms in total. The van der Waals surface area contributed by atoms with E-state index in [1.54, 1.807) is 0 Å². The molecule has 3 aromatic carbocycles. The summed E-state index contributed by atoms with van der Waals surface area (Å²) in [5.74, 6) is 0. The van der Waals surface area contributed by atoms with E-state index in [9.17, 15) is 0 Å². The van der Waals surface area contributed by atoms with E-state index in [4.69, 9.17) is 17.0 Å². The zero-order valence-electron chi connectivity index (χ0n) is 14.5. The molecule has 0 N–H and O–H groups in total. The Morgan fingerprint density at radius 2 is 1.54 bits per heavy atom. The van der Waals surface area contributed by atoms with E-state index in [1.807, 2.05) is 0 Å². The molecule has 126 valence electrons. The molecule has 3 rings (SSSR count). The summed E-state index contributed by atoms with van der Waals surface area (Å²) in [5.41, 5.74) is 7.20. The summed E-state index contributed by atoms with van der Waals surface area (Å²) in [6.07, 6.45) is 3.26. The van der Waals surface area contributed by atoms with E-state index >= 15 is 0 Å². The van der Waals surface area contributed by atoms with E-state index in [1.165, 1.54) is 38.6 Å². The van der Waals surface area contributed by atoms with Gasteiger partial charge >= 0.3 is 37.9 Å². The summed E-state index contributed by atoms with van der Waals surface area (Å²) in [6, 6.07) is 18.2. The van der Waals surface area contributed by atoms with Gasteiger partial charge in [-0.15, -0.1) is 34.5 Å². The van der Waals surface area contributed by atoms with Crippen molar-refractivity contribution >= 4 is 27.8 Å². The molecule has 0 radical (unpaired) electrons. The number of fused-ring (bicyclic) bond motifs is 1. The maximum atomic E-state index is 4.93. The zero-order chi connectivity index (χ0) is 17.5. The van der Waals surface area contributed by atoms with Gasteiger partial charge in [-0.3, -0.25) is 0 Å². The van der Waals surface area contributed by atoms with E-state index in [0.717, 1.165) is 19.3 Å². The van der Waals surface area contributed by atoms with Crippen molar-refractivity contribution in [1.29, 1.82) is 0 Å². The summed E-state index contributed by atoms with van der Waals surface area (Å²) in [6.45, 7) is 6.73. The molecular formula is C21H23Cl2Zr-. The molecule has 3 heteroatoms. The standard InChI is InChI=1S/C21H23.2ClH.Zr/c1-4-15-13-18-12-11-17(6-3)21(20(18)14-15)19-10-8-7-9-16(19)5-2;;;/h7-14H,4-6H2,1-3H3;2*1H;/q-1;;;+2/p-2. The Balaban J connectivity index is 0.000000647. The summed E-state index contributed by atoms with van der Waals surface area (Å²) in [4.78, 5) is 0. The van der Waals surface area contributed by atoms with E-state index in [0.29, 0.717) is 0 Å². The zero-order valence-corrected chi connectivity index (χ0v) is 18.5. The van der Waals surface area contributed by atoms with Crippen molar-refractivity contribution in [3.8, 4) is 11.1 Å². The van der Waals surface area contributed by atoms with Gasteiger partial charge in [-0.2, -0.15) is 6.07 Å². The first-order valence-corrected chi connectivity index (χ1v) is 14.8. The van der Waals surface area contributed by atoms with E-state index in [2.05, 4.69) is 69.3 Å². The molecule has 0 spiro atoms. The molecular weight excluding hydrogens is 414 g/mol. The summed E-state index contributed by atoms with van der Waals surface area (Å²) < 4.78 is 0. The second-order valence-electron chi connectivity index (χ2n) is 5.76. The Labute approximate surface area is 164 Å². The first-order valence-electron chi connectivity index (χ1n) is 8.45. The van der Waals surface area contributed by atoms with E-state index < -0.39 is 20.8 Å².